The molecule has 0 saturated carbocycles. The molecule has 146 valence electrons. The second-order valence-electron chi connectivity index (χ2n) is 6.96. The molecule has 0 radical (unpaired) electrons. The molecule has 7 nitrogen and oxygen atoms in total. The van der Waals surface area contributed by atoms with Crippen molar-refractivity contribution in [1.29, 1.82) is 0 Å². The minimum absolute atomic E-state index is 0.103. The maximum Gasteiger partial charge on any atom is 0.231 e. The van der Waals surface area contributed by atoms with E-state index in [2.05, 4.69) is 10.1 Å². The van der Waals surface area contributed by atoms with Gasteiger partial charge in [-0.25, -0.2) is 0 Å². The zero-order chi connectivity index (χ0) is 19.1. The predicted molar refractivity (Wildman–Crippen MR) is 102 cm³/mol. The van der Waals surface area contributed by atoms with Crippen LogP contribution in [0.2, 0.25) is 0 Å². The van der Waals surface area contributed by atoms with Crippen LogP contribution < -0.4 is 10.5 Å². The van der Waals surface area contributed by atoms with Crippen LogP contribution >= 0.6 is 0 Å². The maximum absolute atomic E-state index is 12.4. The highest BCUT2D eigenvalue weighted by Crippen LogP contribution is 2.28. The number of carbonyl (C=O) groups excluding carboxylic acids is 1. The molecular weight excluding hydrogens is 344 g/mol. The minimum atomic E-state index is 0.103. The van der Waals surface area contributed by atoms with E-state index in [9.17, 15) is 4.79 Å². The minimum Gasteiger partial charge on any atom is -0.497 e. The molecule has 1 amide bonds. The van der Waals surface area contributed by atoms with E-state index in [1.165, 1.54) is 0 Å². The number of hydrogen-bond acceptors (Lipinski definition) is 6. The van der Waals surface area contributed by atoms with Crippen molar-refractivity contribution in [1.82, 2.24) is 15.0 Å². The summed E-state index contributed by atoms with van der Waals surface area (Å²) in [5, 5.41) is 4.11. The molecule has 1 saturated heterocycles. The zero-order valence-corrected chi connectivity index (χ0v) is 15.9. The number of likely N-dealkylation sites (tertiary alicyclic amines) is 1. The fourth-order valence-electron chi connectivity index (χ4n) is 3.42. The molecule has 27 heavy (non-hydrogen) atoms. The highest BCUT2D eigenvalue weighted by Gasteiger charge is 2.28. The van der Waals surface area contributed by atoms with E-state index in [-0.39, 0.29) is 11.8 Å². The summed E-state index contributed by atoms with van der Waals surface area (Å²) >= 11 is 0. The van der Waals surface area contributed by atoms with Crippen molar-refractivity contribution < 1.29 is 14.1 Å². The lowest BCUT2D eigenvalue weighted by Gasteiger charge is -2.31. The third-order valence-electron chi connectivity index (χ3n) is 5.01. The Labute approximate surface area is 159 Å². The van der Waals surface area contributed by atoms with E-state index in [0.717, 1.165) is 50.0 Å². The number of hydrogen-bond donors (Lipinski definition) is 1. The van der Waals surface area contributed by atoms with Crippen LogP contribution in [0.15, 0.2) is 28.8 Å². The molecule has 7 heteroatoms. The van der Waals surface area contributed by atoms with Crippen LogP contribution in [0, 0.1) is 0 Å². The van der Waals surface area contributed by atoms with Gasteiger partial charge in [-0.3, -0.25) is 4.79 Å². The molecule has 1 aliphatic heterocycles. The highest BCUT2D eigenvalue weighted by molar-refractivity contribution is 5.76. The summed E-state index contributed by atoms with van der Waals surface area (Å²) in [6.07, 6.45) is 5.40. The molecule has 1 atom stereocenters. The molecule has 0 unspecified atom stereocenters. The topological polar surface area (TPSA) is 94.5 Å². The van der Waals surface area contributed by atoms with E-state index in [1.807, 2.05) is 29.2 Å². The number of rotatable bonds is 8. The number of aromatic nitrogens is 2. The normalized spacial score (nSPS) is 17.1. The fraction of sp³-hybridized carbons (Fsp3) is 0.550. The second-order valence-corrected chi connectivity index (χ2v) is 6.96. The predicted octanol–water partition coefficient (Wildman–Crippen LogP) is 2.97. The smallest absolute Gasteiger partial charge is 0.231 e. The largest absolute Gasteiger partial charge is 0.497 e. The van der Waals surface area contributed by atoms with Gasteiger partial charge in [-0.05, 0) is 56.5 Å². The summed E-state index contributed by atoms with van der Waals surface area (Å²) in [5.74, 6) is 2.28. The summed E-state index contributed by atoms with van der Waals surface area (Å²) in [4.78, 5) is 18.9. The maximum atomic E-state index is 12.4. The van der Waals surface area contributed by atoms with Gasteiger partial charge in [-0.2, -0.15) is 4.98 Å². The Morgan fingerprint density at radius 1 is 1.30 bits per heavy atom. The molecule has 1 aliphatic rings. The Morgan fingerprint density at radius 2 is 2.11 bits per heavy atom. The molecule has 2 aromatic rings. The van der Waals surface area contributed by atoms with Crippen LogP contribution in [-0.2, 0) is 4.79 Å². The average molecular weight is 372 g/mol. The quantitative estimate of drug-likeness (QED) is 0.716. The number of nitrogens with two attached hydrogens (primary N) is 1. The number of ether oxygens (including phenoxy) is 1. The number of methoxy groups -OCH3 is 1. The van der Waals surface area contributed by atoms with Crippen LogP contribution in [-0.4, -0.2) is 47.7 Å². The average Bonchev–Trinajstić information content (AvgIpc) is 3.21. The van der Waals surface area contributed by atoms with Crippen molar-refractivity contribution in [2.45, 2.75) is 44.4 Å². The molecule has 0 bridgehead atoms. The van der Waals surface area contributed by atoms with Gasteiger partial charge in [0.15, 0.2) is 0 Å². The van der Waals surface area contributed by atoms with Crippen LogP contribution in [0.1, 0.15) is 50.3 Å². The third-order valence-corrected chi connectivity index (χ3v) is 5.01. The van der Waals surface area contributed by atoms with E-state index in [4.69, 9.17) is 15.0 Å². The van der Waals surface area contributed by atoms with Crippen LogP contribution in [0.25, 0.3) is 11.4 Å². The van der Waals surface area contributed by atoms with Gasteiger partial charge < -0.3 is 19.9 Å². The molecule has 0 aliphatic carbocycles. The molecule has 2 N–H and O–H groups in total. The Hall–Kier alpha value is -2.41. The van der Waals surface area contributed by atoms with E-state index in [0.29, 0.717) is 31.2 Å². The van der Waals surface area contributed by atoms with Gasteiger partial charge in [0, 0.05) is 25.1 Å². The van der Waals surface area contributed by atoms with Crippen molar-refractivity contribution in [3.8, 4) is 17.1 Å². The molecule has 2 heterocycles. The van der Waals surface area contributed by atoms with Crippen LogP contribution in [0.3, 0.4) is 0 Å². The van der Waals surface area contributed by atoms with Crippen LogP contribution in [0.5, 0.6) is 5.75 Å². The van der Waals surface area contributed by atoms with Gasteiger partial charge in [0.1, 0.15) is 5.75 Å². The Morgan fingerprint density at radius 3 is 2.85 bits per heavy atom. The Kier molecular flexibility index (Phi) is 6.81. The van der Waals surface area contributed by atoms with Crippen molar-refractivity contribution in [3.63, 3.8) is 0 Å². The number of amides is 1. The van der Waals surface area contributed by atoms with Gasteiger partial charge in [-0.1, -0.05) is 11.6 Å². The summed E-state index contributed by atoms with van der Waals surface area (Å²) in [6.45, 7) is 2.15. The lowest BCUT2D eigenvalue weighted by atomic mass is 9.97. The van der Waals surface area contributed by atoms with Gasteiger partial charge in [0.2, 0.25) is 17.6 Å². The molecule has 1 aromatic carbocycles. The van der Waals surface area contributed by atoms with Gasteiger partial charge in [0.25, 0.3) is 0 Å². The lowest BCUT2D eigenvalue weighted by Crippen LogP contribution is -2.39. The first-order chi connectivity index (χ1) is 13.2. The summed E-state index contributed by atoms with van der Waals surface area (Å²) in [6, 6.07) is 7.56. The second kappa shape index (κ2) is 9.50. The summed E-state index contributed by atoms with van der Waals surface area (Å²) in [7, 11) is 1.63. The highest BCUT2D eigenvalue weighted by atomic mass is 16.5. The van der Waals surface area contributed by atoms with Crippen LogP contribution in [0.4, 0.5) is 0 Å². The Balaban J connectivity index is 1.59. The molecule has 1 fully saturated rings. The SMILES string of the molecule is COc1ccc(-c2noc([C@@H]3CCCN(C(=O)CCCCCN)C3)n2)cc1. The first-order valence-corrected chi connectivity index (χ1v) is 9.67. The number of unbranched alkanes of at least 4 members (excludes halogenated alkanes) is 2. The fourth-order valence-corrected chi connectivity index (χ4v) is 3.42. The molecule has 3 rings (SSSR count). The first kappa shape index (κ1) is 19.4. The molecule has 1 aromatic heterocycles. The third kappa shape index (κ3) is 5.07. The van der Waals surface area contributed by atoms with E-state index in [1.54, 1.807) is 7.11 Å². The van der Waals surface area contributed by atoms with Gasteiger partial charge >= 0.3 is 0 Å². The monoisotopic (exact) mass is 372 g/mol. The molecule has 0 spiro atoms. The lowest BCUT2D eigenvalue weighted by molar-refractivity contribution is -0.132. The summed E-state index contributed by atoms with van der Waals surface area (Å²) in [5.41, 5.74) is 6.39. The number of benzene rings is 1. The van der Waals surface area contributed by atoms with E-state index >= 15 is 0 Å². The van der Waals surface area contributed by atoms with Crippen molar-refractivity contribution in [2.24, 2.45) is 5.73 Å². The summed E-state index contributed by atoms with van der Waals surface area (Å²) < 4.78 is 10.7. The van der Waals surface area contributed by atoms with Gasteiger partial charge in [0.05, 0.1) is 13.0 Å². The standard InChI is InChI=1S/C20H28N4O3/c1-26-17-10-8-15(9-11-17)19-22-20(27-23-19)16-6-5-13-24(14-16)18(25)7-3-2-4-12-21/h8-11,16H,2-7,12-14,21H2,1H3/t16-/m1/s1. The zero-order valence-electron chi connectivity index (χ0n) is 15.9. The van der Waals surface area contributed by atoms with Crippen molar-refractivity contribution in [2.75, 3.05) is 26.7 Å². The number of piperidine rings is 1. The van der Waals surface area contributed by atoms with Gasteiger partial charge in [-0.15, -0.1) is 0 Å². The number of nitrogens with zero attached hydrogens (tertiary/aromatic N) is 3. The van der Waals surface area contributed by atoms with Crippen molar-refractivity contribution in [3.05, 3.63) is 30.2 Å². The Bertz CT molecular complexity index is 729. The van der Waals surface area contributed by atoms with E-state index < -0.39 is 0 Å². The molecular formula is C20H28N4O3. The first-order valence-electron chi connectivity index (χ1n) is 9.67. The van der Waals surface area contributed by atoms with Crippen molar-refractivity contribution >= 4 is 5.91 Å². The number of carbonyl (C=O) groups is 1.